The number of carbonyl (C=O) groups excluding carboxylic acids is 5. The Balaban J connectivity index is 0.755. The number of aromatic nitrogens is 2. The summed E-state index contributed by atoms with van der Waals surface area (Å²) in [7, 11) is 0. The maximum atomic E-state index is 15.8. The highest BCUT2D eigenvalue weighted by Crippen LogP contribution is 2.37. The molecule has 1 atom stereocenters. The number of nitrogens with one attached hydrogen (secondary N) is 2. The number of pyridine rings is 2. The fourth-order valence-electron chi connectivity index (χ4n) is 8.88. The second kappa shape index (κ2) is 16.7. The third kappa shape index (κ3) is 8.58. The maximum absolute atomic E-state index is 15.8. The molecule has 19 heteroatoms. The standard InChI is InChI=1S/C42H44F4N10O5/c43-41(10-15-54(16-11-41)29-22-32(42(44,45)46)33(23-47)48-25-29)40(61)50-35-5-2-28(24-49-35)53-13-8-26(9-14-53)7-12-52-17-19-55(20-18-52)27-1-3-30-31(21-27)39(60)56(38(30)59)34-4-6-36(57)51-37(34)58/h1-3,5,21-22,24-26,34H,4,6-20H2,(H,49,50,61)(H,51,57,58). The molecule has 5 aliphatic rings. The summed E-state index contributed by atoms with van der Waals surface area (Å²) in [6, 6.07) is 9.97. The van der Waals surface area contributed by atoms with Gasteiger partial charge in [-0.3, -0.25) is 39.1 Å². The average molecular weight is 845 g/mol. The lowest BCUT2D eigenvalue weighted by atomic mass is 9.92. The molecule has 15 nitrogen and oxygen atoms in total. The number of halogens is 4. The first-order valence-electron chi connectivity index (χ1n) is 20.5. The van der Waals surface area contributed by atoms with Crippen molar-refractivity contribution < 1.29 is 41.5 Å². The van der Waals surface area contributed by atoms with Crippen molar-refractivity contribution in [1.82, 2.24) is 25.1 Å². The van der Waals surface area contributed by atoms with Crippen LogP contribution >= 0.6 is 0 Å². The number of hydrogen-bond donors (Lipinski definition) is 2. The van der Waals surface area contributed by atoms with Crippen LogP contribution in [0.3, 0.4) is 0 Å². The van der Waals surface area contributed by atoms with Crippen molar-refractivity contribution >= 4 is 52.4 Å². The van der Waals surface area contributed by atoms with Gasteiger partial charge >= 0.3 is 6.18 Å². The number of piperazine rings is 1. The Morgan fingerprint density at radius 3 is 2.13 bits per heavy atom. The van der Waals surface area contributed by atoms with E-state index in [-0.39, 0.29) is 61.4 Å². The van der Waals surface area contributed by atoms with Gasteiger partial charge in [0.15, 0.2) is 11.4 Å². The molecule has 1 unspecified atom stereocenters. The van der Waals surface area contributed by atoms with Gasteiger partial charge in [-0.2, -0.15) is 18.4 Å². The number of amides is 5. The van der Waals surface area contributed by atoms with E-state index in [2.05, 4.69) is 35.3 Å². The molecule has 5 aliphatic heterocycles. The van der Waals surface area contributed by atoms with Gasteiger partial charge in [0.05, 0.1) is 40.5 Å². The molecule has 1 aromatic carbocycles. The topological polar surface area (TPSA) is 175 Å². The monoisotopic (exact) mass is 844 g/mol. The fourth-order valence-corrected chi connectivity index (χ4v) is 8.88. The van der Waals surface area contributed by atoms with Gasteiger partial charge in [-0.1, -0.05) is 0 Å². The number of nitriles is 1. The van der Waals surface area contributed by atoms with E-state index in [1.807, 2.05) is 12.1 Å². The van der Waals surface area contributed by atoms with Crippen molar-refractivity contribution in [2.24, 2.45) is 5.92 Å². The second-order valence-electron chi connectivity index (χ2n) is 16.2. The quantitative estimate of drug-likeness (QED) is 0.233. The number of carbonyl (C=O) groups is 5. The van der Waals surface area contributed by atoms with Crippen LogP contribution in [0.5, 0.6) is 0 Å². The molecule has 4 saturated heterocycles. The van der Waals surface area contributed by atoms with Crippen LogP contribution in [0.4, 0.5) is 40.4 Å². The molecule has 2 N–H and O–H groups in total. The number of hydrogen-bond acceptors (Lipinski definition) is 12. The lowest BCUT2D eigenvalue weighted by molar-refractivity contribution is -0.138. The number of rotatable bonds is 9. The molecule has 0 bridgehead atoms. The Labute approximate surface area is 348 Å². The normalized spacial score (nSPS) is 21.3. The van der Waals surface area contributed by atoms with Crippen molar-refractivity contribution in [3.63, 3.8) is 0 Å². The maximum Gasteiger partial charge on any atom is 0.419 e. The minimum atomic E-state index is -4.77. The SMILES string of the molecule is N#Cc1ncc(N2CCC(F)(C(=O)Nc3ccc(N4CCC(CCN5CCN(c6ccc7c(c6)C(=O)N(C6CCC(=O)NC6=O)C7=O)CC5)CC4)cn3)CC2)cc1C(F)(F)F. The molecule has 3 aromatic rings. The summed E-state index contributed by atoms with van der Waals surface area (Å²) in [4.78, 5) is 80.8. The molecule has 4 fully saturated rings. The van der Waals surface area contributed by atoms with Crippen LogP contribution in [-0.4, -0.2) is 120 Å². The number of benzene rings is 1. The number of piperidine rings is 3. The van der Waals surface area contributed by atoms with E-state index >= 15 is 4.39 Å². The van der Waals surface area contributed by atoms with Gasteiger partial charge in [0.1, 0.15) is 17.9 Å². The number of alkyl halides is 4. The van der Waals surface area contributed by atoms with E-state index in [1.54, 1.807) is 24.4 Å². The van der Waals surface area contributed by atoms with Crippen molar-refractivity contribution in [2.75, 3.05) is 78.9 Å². The first-order valence-corrected chi connectivity index (χ1v) is 20.5. The van der Waals surface area contributed by atoms with E-state index in [0.29, 0.717) is 5.92 Å². The van der Waals surface area contributed by atoms with Crippen LogP contribution in [0.25, 0.3) is 0 Å². The van der Waals surface area contributed by atoms with Gasteiger partial charge in [-0.15, -0.1) is 0 Å². The fraction of sp³-hybridized carbons (Fsp3) is 0.476. The average Bonchev–Trinajstić information content (AvgIpc) is 3.51. The highest BCUT2D eigenvalue weighted by atomic mass is 19.4. The third-order valence-electron chi connectivity index (χ3n) is 12.6. The molecular formula is C42H44F4N10O5. The summed E-state index contributed by atoms with van der Waals surface area (Å²) in [6.45, 7) is 5.84. The minimum absolute atomic E-state index is 0.0183. The van der Waals surface area contributed by atoms with Gasteiger partial charge < -0.3 is 20.0 Å². The van der Waals surface area contributed by atoms with Crippen LogP contribution in [0.15, 0.2) is 48.8 Å². The largest absolute Gasteiger partial charge is 0.419 e. The first-order chi connectivity index (χ1) is 29.2. The molecule has 8 rings (SSSR count). The van der Waals surface area contributed by atoms with E-state index in [0.717, 1.165) is 93.6 Å². The van der Waals surface area contributed by atoms with E-state index in [9.17, 15) is 37.1 Å². The molecule has 0 aliphatic carbocycles. The Morgan fingerprint density at radius 1 is 0.820 bits per heavy atom. The zero-order valence-corrected chi connectivity index (χ0v) is 33.2. The smallest absolute Gasteiger partial charge is 0.370 e. The summed E-state index contributed by atoms with van der Waals surface area (Å²) < 4.78 is 56.1. The summed E-state index contributed by atoms with van der Waals surface area (Å²) in [6.07, 6.45) is 0.793. The summed E-state index contributed by atoms with van der Waals surface area (Å²) in [5, 5.41) is 13.8. The first kappa shape index (κ1) is 41.6. The van der Waals surface area contributed by atoms with Gasteiger partial charge in [-0.05, 0) is 74.5 Å². The third-order valence-corrected chi connectivity index (χ3v) is 12.6. The Bertz CT molecular complexity index is 2260. The summed E-state index contributed by atoms with van der Waals surface area (Å²) in [5.41, 5.74) is -1.76. The molecule has 7 heterocycles. The molecule has 5 amide bonds. The van der Waals surface area contributed by atoms with Gasteiger partial charge in [0, 0.05) is 77.3 Å². The molecule has 320 valence electrons. The second-order valence-corrected chi connectivity index (χ2v) is 16.2. The number of fused-ring (bicyclic) bond motifs is 1. The lowest BCUT2D eigenvalue weighted by Gasteiger charge is -2.38. The van der Waals surface area contributed by atoms with Gasteiger partial charge in [0.25, 0.3) is 17.7 Å². The van der Waals surface area contributed by atoms with Crippen LogP contribution in [-0.2, 0) is 20.6 Å². The van der Waals surface area contributed by atoms with Crippen LogP contribution in [0.1, 0.15) is 76.9 Å². The lowest BCUT2D eigenvalue weighted by Crippen LogP contribution is -2.54. The van der Waals surface area contributed by atoms with Gasteiger partial charge in [-0.25, -0.2) is 14.4 Å². The zero-order valence-electron chi connectivity index (χ0n) is 33.2. The number of imide groups is 2. The van der Waals surface area contributed by atoms with Crippen molar-refractivity contribution in [2.45, 2.75) is 62.8 Å². The molecule has 0 radical (unpaired) electrons. The van der Waals surface area contributed by atoms with E-state index < -0.39 is 58.7 Å². The Morgan fingerprint density at radius 2 is 1.48 bits per heavy atom. The molecule has 0 saturated carbocycles. The highest BCUT2D eigenvalue weighted by molar-refractivity contribution is 6.23. The Hall–Kier alpha value is -6.16. The molecular weight excluding hydrogens is 801 g/mol. The number of nitrogens with zero attached hydrogens (tertiary/aromatic N) is 8. The molecule has 0 spiro atoms. The minimum Gasteiger partial charge on any atom is -0.370 e. The molecule has 61 heavy (non-hydrogen) atoms. The highest BCUT2D eigenvalue weighted by Gasteiger charge is 2.45. The van der Waals surface area contributed by atoms with Crippen LogP contribution in [0, 0.1) is 17.2 Å². The summed E-state index contributed by atoms with van der Waals surface area (Å²) in [5.74, 6) is -2.18. The van der Waals surface area contributed by atoms with Gasteiger partial charge in [0.2, 0.25) is 11.8 Å². The summed E-state index contributed by atoms with van der Waals surface area (Å²) >= 11 is 0. The van der Waals surface area contributed by atoms with E-state index in [4.69, 9.17) is 5.26 Å². The van der Waals surface area contributed by atoms with E-state index in [1.165, 1.54) is 11.0 Å². The predicted octanol–water partition coefficient (Wildman–Crippen LogP) is 4.14. The van der Waals surface area contributed by atoms with Crippen LogP contribution in [0.2, 0.25) is 0 Å². The molecule has 2 aromatic heterocycles. The zero-order chi connectivity index (χ0) is 43.1. The van der Waals surface area contributed by atoms with Crippen LogP contribution < -0.4 is 25.3 Å². The van der Waals surface area contributed by atoms with Crippen molar-refractivity contribution in [3.05, 3.63) is 71.2 Å². The number of anilines is 4. The predicted molar refractivity (Wildman–Crippen MR) is 213 cm³/mol. The van der Waals surface area contributed by atoms with Crippen molar-refractivity contribution in [1.29, 1.82) is 5.26 Å². The Kier molecular flexibility index (Phi) is 11.4. The van der Waals surface area contributed by atoms with Crippen molar-refractivity contribution in [3.8, 4) is 6.07 Å².